The number of halogens is 2. The maximum absolute atomic E-state index is 13.1. The molecule has 0 radical (unpaired) electrons. The van der Waals surface area contributed by atoms with Gasteiger partial charge < -0.3 is 24.5 Å². The second-order valence-corrected chi connectivity index (χ2v) is 11.4. The smallest absolute Gasteiger partial charge is 0.251 e. The van der Waals surface area contributed by atoms with E-state index < -0.39 is 42.1 Å². The van der Waals surface area contributed by atoms with Crippen LogP contribution in [-0.4, -0.2) is 55.1 Å². The van der Waals surface area contributed by atoms with E-state index in [1.165, 1.54) is 31.3 Å². The molecule has 0 saturated heterocycles. The molecule has 0 fully saturated rings. The molecule has 0 unspecified atom stereocenters. The lowest BCUT2D eigenvalue weighted by Gasteiger charge is -2.16. The van der Waals surface area contributed by atoms with Gasteiger partial charge in [0.25, 0.3) is 5.91 Å². The van der Waals surface area contributed by atoms with Crippen molar-refractivity contribution >= 4 is 26.6 Å². The van der Waals surface area contributed by atoms with E-state index in [2.05, 4.69) is 14.9 Å². The van der Waals surface area contributed by atoms with E-state index in [0.717, 1.165) is 22.2 Å². The number of carbonyl (C=O) groups is 1. The van der Waals surface area contributed by atoms with Crippen LogP contribution in [0.5, 0.6) is 11.5 Å². The Morgan fingerprint density at radius 2 is 1.78 bits per heavy atom. The first kappa shape index (κ1) is 29.9. The lowest BCUT2D eigenvalue weighted by molar-refractivity contribution is 0.0914. The number of alkyl halides is 2. The number of aliphatic hydroxyl groups is 1. The van der Waals surface area contributed by atoms with Crippen LogP contribution in [-0.2, 0) is 22.8 Å². The average Bonchev–Trinajstić information content (AvgIpc) is 3.33. The number of aryl methyl sites for hydroxylation is 1. The zero-order valence-electron chi connectivity index (χ0n) is 22.6. The maximum Gasteiger partial charge on any atom is 0.251 e. The number of hydrogen-bond acceptors (Lipinski definition) is 7. The summed E-state index contributed by atoms with van der Waals surface area (Å²) >= 11 is 0. The van der Waals surface area contributed by atoms with Crippen molar-refractivity contribution in [2.24, 2.45) is 0 Å². The predicted octanol–water partition coefficient (Wildman–Crippen LogP) is 4.52. The molecule has 0 aliphatic rings. The monoisotopic (exact) mass is 587 g/mol. The van der Waals surface area contributed by atoms with Gasteiger partial charge in [-0.15, -0.1) is 0 Å². The van der Waals surface area contributed by atoms with Gasteiger partial charge in [0.1, 0.15) is 0 Å². The number of benzene rings is 2. The molecule has 1 atom stereocenters. The Balaban J connectivity index is 1.56. The Labute approximate surface area is 236 Å². The van der Waals surface area contributed by atoms with Gasteiger partial charge in [-0.1, -0.05) is 13.0 Å². The van der Waals surface area contributed by atoms with Crippen LogP contribution >= 0.6 is 0 Å². The Morgan fingerprint density at radius 3 is 2.41 bits per heavy atom. The summed E-state index contributed by atoms with van der Waals surface area (Å²) in [4.78, 5) is 17.3. The molecule has 0 spiro atoms. The van der Waals surface area contributed by atoms with Gasteiger partial charge in [-0.3, -0.25) is 9.78 Å². The summed E-state index contributed by atoms with van der Waals surface area (Å²) in [5.41, 5.74) is 3.34. The quantitative estimate of drug-likeness (QED) is 0.236. The third-order valence-corrected chi connectivity index (χ3v) is 8.44. The molecular formula is C29H31F2N3O6S. The minimum atomic E-state index is -3.42. The lowest BCUT2D eigenvalue weighted by atomic mass is 10.1. The molecule has 0 aliphatic heterocycles. The number of nitrogens with zero attached hydrogens (tertiary/aromatic N) is 2. The highest BCUT2D eigenvalue weighted by atomic mass is 32.2. The van der Waals surface area contributed by atoms with Gasteiger partial charge >= 0.3 is 0 Å². The maximum atomic E-state index is 13.1. The number of aromatic nitrogens is 2. The van der Waals surface area contributed by atoms with E-state index in [1.54, 1.807) is 24.3 Å². The number of rotatable bonds is 13. The Hall–Kier alpha value is -4.03. The molecule has 0 bridgehead atoms. The van der Waals surface area contributed by atoms with Crippen molar-refractivity contribution in [3.05, 3.63) is 83.3 Å². The number of pyridine rings is 1. The van der Waals surface area contributed by atoms with Crippen molar-refractivity contribution in [3.63, 3.8) is 0 Å². The van der Waals surface area contributed by atoms with Gasteiger partial charge in [-0.2, -0.15) is 0 Å². The highest BCUT2D eigenvalue weighted by Gasteiger charge is 2.19. The summed E-state index contributed by atoms with van der Waals surface area (Å²) in [5.74, 6) is -0.274. The summed E-state index contributed by atoms with van der Waals surface area (Å²) in [6, 6.07) is 14.2. The number of fused-ring (bicyclic) bond motifs is 1. The van der Waals surface area contributed by atoms with Crippen molar-refractivity contribution < 1.29 is 36.6 Å². The lowest BCUT2D eigenvalue weighted by Crippen LogP contribution is -2.31. The molecule has 0 saturated carbocycles. The van der Waals surface area contributed by atoms with Crippen LogP contribution in [0, 0.1) is 0 Å². The zero-order chi connectivity index (χ0) is 29.6. The predicted molar refractivity (Wildman–Crippen MR) is 149 cm³/mol. The average molecular weight is 588 g/mol. The van der Waals surface area contributed by atoms with Gasteiger partial charge in [0.15, 0.2) is 21.3 Å². The molecule has 0 aliphatic carbocycles. The molecule has 4 rings (SSSR count). The van der Waals surface area contributed by atoms with Gasteiger partial charge in [0.2, 0.25) is 13.7 Å². The van der Waals surface area contributed by atoms with Crippen LogP contribution in [0.3, 0.4) is 0 Å². The number of nitrogens with one attached hydrogen (secondary N) is 1. The second-order valence-electron chi connectivity index (χ2n) is 9.15. The number of carbonyl (C=O) groups excluding carboxylic acids is 1. The molecular weight excluding hydrogens is 556 g/mol. The Bertz CT molecular complexity index is 1620. The van der Waals surface area contributed by atoms with E-state index in [-0.39, 0.29) is 22.1 Å². The summed E-state index contributed by atoms with van der Waals surface area (Å²) in [6.07, 6.45) is 1.68. The van der Waals surface area contributed by atoms with Crippen LogP contribution in [0.2, 0.25) is 0 Å². The van der Waals surface area contributed by atoms with Crippen molar-refractivity contribution in [1.82, 2.24) is 14.9 Å². The third-order valence-electron chi connectivity index (χ3n) is 6.72. The van der Waals surface area contributed by atoms with Gasteiger partial charge in [0, 0.05) is 41.3 Å². The fourth-order valence-corrected chi connectivity index (χ4v) is 5.44. The van der Waals surface area contributed by atoms with Crippen molar-refractivity contribution in [3.8, 4) is 11.5 Å². The SMILES string of the molecule is CCn1c(Cc2ccc(OCF)c(OCF)c2)cc2cc(C(=O)N[C@@H](CO)c3ccc(S(=O)(=O)CC)cn3)ccc21. The van der Waals surface area contributed by atoms with Crippen molar-refractivity contribution in [2.45, 2.75) is 37.8 Å². The van der Waals surface area contributed by atoms with E-state index >= 15 is 0 Å². The number of ether oxygens (including phenoxy) is 2. The largest absolute Gasteiger partial charge is 0.459 e. The Morgan fingerprint density at radius 1 is 1.02 bits per heavy atom. The minimum absolute atomic E-state index is 0.0611. The second kappa shape index (κ2) is 13.1. The zero-order valence-corrected chi connectivity index (χ0v) is 23.5. The summed E-state index contributed by atoms with van der Waals surface area (Å²) in [6.45, 7) is 1.62. The van der Waals surface area contributed by atoms with Crippen molar-refractivity contribution in [1.29, 1.82) is 0 Å². The van der Waals surface area contributed by atoms with Crippen LogP contribution in [0.15, 0.2) is 65.7 Å². The molecule has 1 amide bonds. The van der Waals surface area contributed by atoms with E-state index in [9.17, 15) is 27.1 Å². The molecule has 218 valence electrons. The van der Waals surface area contributed by atoms with Gasteiger partial charge in [-0.05, 0) is 61.0 Å². The fraction of sp³-hybridized carbons (Fsp3) is 0.310. The minimum Gasteiger partial charge on any atom is -0.459 e. The first-order valence-corrected chi connectivity index (χ1v) is 14.6. The summed E-state index contributed by atoms with van der Waals surface area (Å²) in [7, 11) is -3.42. The molecule has 2 aromatic carbocycles. The van der Waals surface area contributed by atoms with Crippen LogP contribution in [0.25, 0.3) is 10.9 Å². The van der Waals surface area contributed by atoms with Crippen LogP contribution < -0.4 is 14.8 Å². The van der Waals surface area contributed by atoms with Crippen molar-refractivity contribution in [2.75, 3.05) is 26.1 Å². The highest BCUT2D eigenvalue weighted by Crippen LogP contribution is 2.31. The van der Waals surface area contributed by atoms with E-state index in [1.807, 2.05) is 19.1 Å². The van der Waals surface area contributed by atoms with Crippen LogP contribution in [0.1, 0.15) is 47.2 Å². The topological polar surface area (TPSA) is 120 Å². The third kappa shape index (κ3) is 6.66. The highest BCUT2D eigenvalue weighted by molar-refractivity contribution is 7.91. The van der Waals surface area contributed by atoms with Gasteiger partial charge in [-0.25, -0.2) is 17.2 Å². The number of sulfone groups is 1. The molecule has 2 aromatic heterocycles. The number of aliphatic hydroxyl groups excluding tert-OH is 1. The molecule has 41 heavy (non-hydrogen) atoms. The molecule has 4 aromatic rings. The summed E-state index contributed by atoms with van der Waals surface area (Å²) < 4.78 is 61.5. The number of hydrogen-bond donors (Lipinski definition) is 2. The molecule has 12 heteroatoms. The van der Waals surface area contributed by atoms with Crippen LogP contribution in [0.4, 0.5) is 8.78 Å². The molecule has 9 nitrogen and oxygen atoms in total. The Kier molecular flexibility index (Phi) is 9.56. The van der Waals surface area contributed by atoms with E-state index in [0.29, 0.717) is 24.2 Å². The standard InChI is InChI=1S/C29H31F2N3O6S/c1-3-34-22(11-19-5-10-27(39-17-30)28(12-19)40-18-31)14-21-13-20(6-9-26(21)34)29(36)33-25(16-35)24-8-7-23(15-32-24)41(37,38)4-2/h5-10,12-15,25,35H,3-4,11,16-18H2,1-2H3,(H,33,36)/t25-/m0/s1. The number of amides is 1. The van der Waals surface area contributed by atoms with Gasteiger partial charge in [0.05, 0.1) is 29.0 Å². The first-order chi connectivity index (χ1) is 19.7. The molecule has 2 heterocycles. The molecule has 2 N–H and O–H groups in total. The first-order valence-electron chi connectivity index (χ1n) is 13.0. The normalized spacial score (nSPS) is 12.3. The van der Waals surface area contributed by atoms with E-state index in [4.69, 9.17) is 9.47 Å². The summed E-state index contributed by atoms with van der Waals surface area (Å²) in [5, 5.41) is 13.5. The fourth-order valence-electron chi connectivity index (χ4n) is 4.61.